The lowest BCUT2D eigenvalue weighted by molar-refractivity contribution is -0.151. The number of H-pyrrole nitrogens is 1. The molecule has 2 unspecified atom stereocenters. The van der Waals surface area contributed by atoms with Gasteiger partial charge in [-0.1, -0.05) is 48.5 Å². The van der Waals surface area contributed by atoms with Gasteiger partial charge >= 0.3 is 5.97 Å². The van der Waals surface area contributed by atoms with Crippen LogP contribution in [0.25, 0.3) is 22.3 Å². The van der Waals surface area contributed by atoms with E-state index in [0.717, 1.165) is 22.3 Å². The zero-order chi connectivity index (χ0) is 24.1. The fraction of sp³-hybridized carbons (Fsp3) is 0.280. The minimum atomic E-state index is -1.19. The number of ether oxygens (including phenoxy) is 2. The molecule has 3 heterocycles. The molecule has 178 valence electrons. The Hall–Kier alpha value is -3.86. The van der Waals surface area contributed by atoms with Crippen molar-refractivity contribution in [2.45, 2.75) is 36.8 Å². The lowest BCUT2D eigenvalue weighted by Gasteiger charge is -2.22. The number of aliphatic hydroxyl groups excluding tert-OH is 1. The molecule has 0 amide bonds. The lowest BCUT2D eigenvalue weighted by Crippen LogP contribution is -2.47. The van der Waals surface area contributed by atoms with Crippen molar-refractivity contribution in [2.24, 2.45) is 5.73 Å². The summed E-state index contributed by atoms with van der Waals surface area (Å²) in [5.41, 5.74) is 10.7. The van der Waals surface area contributed by atoms with Crippen molar-refractivity contribution in [1.29, 1.82) is 0 Å². The summed E-state index contributed by atoms with van der Waals surface area (Å²) in [6.07, 6.45) is 0.195. The summed E-state index contributed by atoms with van der Waals surface area (Å²) >= 11 is 0. The average Bonchev–Trinajstić information content (AvgIpc) is 3.56. The van der Waals surface area contributed by atoms with Gasteiger partial charge in [0.15, 0.2) is 11.2 Å². The Morgan fingerprint density at radius 1 is 1.17 bits per heavy atom. The number of imidazole rings is 1. The number of nitrogens with one attached hydrogen (secondary N) is 1. The molecule has 4 aromatic rings. The maximum absolute atomic E-state index is 12.9. The van der Waals surface area contributed by atoms with Crippen molar-refractivity contribution in [3.8, 4) is 11.1 Å². The molecule has 10 nitrogen and oxygen atoms in total. The second-order valence-corrected chi connectivity index (χ2v) is 8.80. The average molecular weight is 473 g/mol. The third kappa shape index (κ3) is 3.54. The highest BCUT2D eigenvalue weighted by molar-refractivity contribution is 5.80. The van der Waals surface area contributed by atoms with Crippen LogP contribution in [0, 0.1) is 0 Å². The topological polar surface area (TPSA) is 145 Å². The fourth-order valence-electron chi connectivity index (χ4n) is 5.08. The first-order chi connectivity index (χ1) is 17.0. The van der Waals surface area contributed by atoms with Gasteiger partial charge in [-0.15, -0.1) is 0 Å². The van der Waals surface area contributed by atoms with Gasteiger partial charge in [-0.25, -0.2) is 9.97 Å². The van der Waals surface area contributed by atoms with Gasteiger partial charge in [0.2, 0.25) is 0 Å². The van der Waals surface area contributed by atoms with E-state index in [4.69, 9.17) is 15.2 Å². The molecule has 4 atom stereocenters. The standard InChI is InChI=1S/C25H23N5O5/c26-20(22-18(31)9-19(35-22)30-12-29-21-23(30)27-11-28-24(21)32)25(33)34-10-17-15-7-3-1-5-13(15)14-6-2-4-8-16(14)17/h1-8,11-12,17-20,22,31H,9-10,26H2,(H,27,28,32)/t18?,19-,20?,22+/m1/s1. The molecule has 2 aromatic heterocycles. The van der Waals surface area contributed by atoms with Gasteiger partial charge in [0.1, 0.15) is 25.0 Å². The zero-order valence-electron chi connectivity index (χ0n) is 18.6. The van der Waals surface area contributed by atoms with Gasteiger partial charge in [-0.2, -0.15) is 0 Å². The molecule has 6 rings (SSSR count). The summed E-state index contributed by atoms with van der Waals surface area (Å²) in [5.74, 6) is -0.746. The highest BCUT2D eigenvalue weighted by Gasteiger charge is 2.43. The highest BCUT2D eigenvalue weighted by atomic mass is 16.6. The lowest BCUT2D eigenvalue weighted by atomic mass is 9.98. The summed E-state index contributed by atoms with van der Waals surface area (Å²) in [7, 11) is 0. The first-order valence-electron chi connectivity index (χ1n) is 11.4. The number of aromatic amines is 1. The Kier molecular flexibility index (Phi) is 5.21. The number of rotatable bonds is 5. The van der Waals surface area contributed by atoms with E-state index in [0.29, 0.717) is 5.65 Å². The van der Waals surface area contributed by atoms with Crippen LogP contribution in [-0.4, -0.2) is 55.5 Å². The van der Waals surface area contributed by atoms with Crippen molar-refractivity contribution < 1.29 is 19.4 Å². The number of fused-ring (bicyclic) bond motifs is 4. The smallest absolute Gasteiger partial charge is 0.325 e. The molecule has 1 fully saturated rings. The highest BCUT2D eigenvalue weighted by Crippen LogP contribution is 2.44. The Balaban J connectivity index is 1.16. The number of carbonyl (C=O) groups excluding carboxylic acids is 1. The predicted octanol–water partition coefficient (Wildman–Crippen LogP) is 1.45. The van der Waals surface area contributed by atoms with Gasteiger partial charge < -0.3 is 25.3 Å². The van der Waals surface area contributed by atoms with E-state index in [-0.39, 0.29) is 30.0 Å². The molecular weight excluding hydrogens is 450 g/mol. The molecule has 2 aliphatic rings. The number of nitrogens with two attached hydrogens (primary N) is 1. The summed E-state index contributed by atoms with van der Waals surface area (Å²) in [6, 6.07) is 14.9. The second-order valence-electron chi connectivity index (χ2n) is 8.80. The summed E-state index contributed by atoms with van der Waals surface area (Å²) in [5, 5.41) is 10.6. The van der Waals surface area contributed by atoms with Crippen LogP contribution >= 0.6 is 0 Å². The Labute approximate surface area is 199 Å². The van der Waals surface area contributed by atoms with Crippen molar-refractivity contribution in [1.82, 2.24) is 19.5 Å². The van der Waals surface area contributed by atoms with Crippen LogP contribution in [0.5, 0.6) is 0 Å². The fourth-order valence-corrected chi connectivity index (χ4v) is 5.08. The zero-order valence-corrected chi connectivity index (χ0v) is 18.6. The van der Waals surface area contributed by atoms with E-state index in [1.807, 2.05) is 36.4 Å². The number of carbonyl (C=O) groups is 1. The van der Waals surface area contributed by atoms with Crippen molar-refractivity contribution in [3.05, 3.63) is 82.7 Å². The van der Waals surface area contributed by atoms with Crippen LogP contribution in [-0.2, 0) is 14.3 Å². The normalized spacial score (nSPS) is 22.2. The molecular formula is C25H23N5O5. The van der Waals surface area contributed by atoms with Crippen molar-refractivity contribution in [3.63, 3.8) is 0 Å². The van der Waals surface area contributed by atoms with Gasteiger partial charge in [0.05, 0.1) is 18.8 Å². The number of hydrogen-bond acceptors (Lipinski definition) is 8. The minimum absolute atomic E-state index is 0.0952. The predicted molar refractivity (Wildman–Crippen MR) is 125 cm³/mol. The van der Waals surface area contributed by atoms with Crippen LogP contribution in [0.3, 0.4) is 0 Å². The Morgan fingerprint density at radius 2 is 1.86 bits per heavy atom. The second kappa shape index (κ2) is 8.42. The number of benzene rings is 2. The summed E-state index contributed by atoms with van der Waals surface area (Å²) in [6.45, 7) is 0.131. The molecule has 1 saturated heterocycles. The summed E-state index contributed by atoms with van der Waals surface area (Å²) in [4.78, 5) is 35.5. The molecule has 2 aromatic carbocycles. The molecule has 10 heteroatoms. The molecule has 0 bridgehead atoms. The van der Waals surface area contributed by atoms with E-state index < -0.39 is 30.4 Å². The summed E-state index contributed by atoms with van der Waals surface area (Å²) < 4.78 is 13.1. The van der Waals surface area contributed by atoms with Gasteiger partial charge in [-0.3, -0.25) is 14.2 Å². The van der Waals surface area contributed by atoms with E-state index in [2.05, 4.69) is 27.1 Å². The number of hydrogen-bond donors (Lipinski definition) is 3. The van der Waals surface area contributed by atoms with Gasteiger partial charge in [0.25, 0.3) is 5.56 Å². The van der Waals surface area contributed by atoms with Crippen LogP contribution < -0.4 is 11.3 Å². The van der Waals surface area contributed by atoms with Gasteiger partial charge in [0, 0.05) is 12.3 Å². The SMILES string of the molecule is NC(C(=O)OCC1c2ccccc2-c2ccccc21)[C@H]1O[C@@H](n2cnc3c(=O)[nH]cnc32)CC1O. The van der Waals surface area contributed by atoms with Gasteiger partial charge in [-0.05, 0) is 22.3 Å². The van der Waals surface area contributed by atoms with Crippen LogP contribution in [0.15, 0.2) is 66.0 Å². The first kappa shape index (κ1) is 21.7. The molecule has 1 aliphatic heterocycles. The molecule has 4 N–H and O–H groups in total. The van der Waals surface area contributed by atoms with E-state index in [1.54, 1.807) is 4.57 Å². The maximum atomic E-state index is 12.9. The third-order valence-electron chi connectivity index (χ3n) is 6.79. The number of aliphatic hydroxyl groups is 1. The molecule has 1 aliphatic carbocycles. The molecule has 0 spiro atoms. The minimum Gasteiger partial charge on any atom is -0.463 e. The third-order valence-corrected chi connectivity index (χ3v) is 6.79. The number of nitrogens with zero attached hydrogens (tertiary/aromatic N) is 3. The quantitative estimate of drug-likeness (QED) is 0.369. The number of esters is 1. The van der Waals surface area contributed by atoms with E-state index >= 15 is 0 Å². The number of aromatic nitrogens is 4. The molecule has 0 radical (unpaired) electrons. The Morgan fingerprint density at radius 3 is 2.57 bits per heavy atom. The van der Waals surface area contributed by atoms with Crippen molar-refractivity contribution in [2.75, 3.05) is 6.61 Å². The first-order valence-corrected chi connectivity index (χ1v) is 11.4. The van der Waals surface area contributed by atoms with E-state index in [1.165, 1.54) is 12.7 Å². The molecule has 0 saturated carbocycles. The van der Waals surface area contributed by atoms with Crippen LogP contribution in [0.2, 0.25) is 0 Å². The largest absolute Gasteiger partial charge is 0.463 e. The van der Waals surface area contributed by atoms with Crippen LogP contribution in [0.1, 0.15) is 29.7 Å². The molecule has 35 heavy (non-hydrogen) atoms. The Bertz CT molecular complexity index is 1430. The maximum Gasteiger partial charge on any atom is 0.325 e. The van der Waals surface area contributed by atoms with Crippen molar-refractivity contribution >= 4 is 17.1 Å². The van der Waals surface area contributed by atoms with E-state index in [9.17, 15) is 14.7 Å². The van der Waals surface area contributed by atoms with Crippen LogP contribution in [0.4, 0.5) is 0 Å². The monoisotopic (exact) mass is 473 g/mol.